The zero-order chi connectivity index (χ0) is 13.9. The highest BCUT2D eigenvalue weighted by Gasteiger charge is 2.28. The van der Waals surface area contributed by atoms with Crippen molar-refractivity contribution >= 4 is 0 Å². The third-order valence-electron chi connectivity index (χ3n) is 4.22. The Morgan fingerprint density at radius 2 is 2.05 bits per heavy atom. The van der Waals surface area contributed by atoms with Gasteiger partial charge in [-0.15, -0.1) is 0 Å². The molecule has 106 valence electrons. The number of benzene rings is 1. The standard InChI is InChI=1S/C15H23FN2O/c1-15(17-2)7-9-18(10-8-15)11-12-5-4-6-13(19-3)14(12)16/h4-6,17H,7-11H2,1-3H3. The molecule has 0 aromatic heterocycles. The van der Waals surface area contributed by atoms with Crippen LogP contribution in [0.3, 0.4) is 0 Å². The zero-order valence-corrected chi connectivity index (χ0v) is 12.0. The second-order valence-electron chi connectivity index (χ2n) is 5.52. The van der Waals surface area contributed by atoms with Gasteiger partial charge in [0, 0.05) is 30.7 Å². The van der Waals surface area contributed by atoms with E-state index in [1.807, 2.05) is 19.2 Å². The van der Waals surface area contributed by atoms with E-state index in [1.165, 1.54) is 7.11 Å². The van der Waals surface area contributed by atoms with Crippen LogP contribution in [0.2, 0.25) is 0 Å². The lowest BCUT2D eigenvalue weighted by Gasteiger charge is -2.39. The molecule has 0 saturated carbocycles. The van der Waals surface area contributed by atoms with E-state index >= 15 is 0 Å². The van der Waals surface area contributed by atoms with Gasteiger partial charge in [-0.25, -0.2) is 4.39 Å². The first-order valence-corrected chi connectivity index (χ1v) is 6.80. The Morgan fingerprint density at radius 1 is 1.37 bits per heavy atom. The molecule has 1 aliphatic rings. The lowest BCUT2D eigenvalue weighted by Crippen LogP contribution is -2.49. The number of hydrogen-bond donors (Lipinski definition) is 1. The number of nitrogens with zero attached hydrogens (tertiary/aromatic N) is 1. The highest BCUT2D eigenvalue weighted by Crippen LogP contribution is 2.25. The summed E-state index contributed by atoms with van der Waals surface area (Å²) in [6.07, 6.45) is 2.18. The second-order valence-corrected chi connectivity index (χ2v) is 5.52. The van der Waals surface area contributed by atoms with Gasteiger partial charge in [0.15, 0.2) is 11.6 Å². The number of methoxy groups -OCH3 is 1. The molecule has 1 aromatic rings. The molecular weight excluding hydrogens is 243 g/mol. The van der Waals surface area contributed by atoms with Crippen molar-refractivity contribution in [3.63, 3.8) is 0 Å². The fourth-order valence-corrected chi connectivity index (χ4v) is 2.53. The normalized spacial score (nSPS) is 19.4. The quantitative estimate of drug-likeness (QED) is 0.905. The number of hydrogen-bond acceptors (Lipinski definition) is 3. The van der Waals surface area contributed by atoms with Crippen molar-refractivity contribution in [1.29, 1.82) is 0 Å². The molecule has 0 unspecified atom stereocenters. The lowest BCUT2D eigenvalue weighted by atomic mass is 9.90. The molecule has 0 bridgehead atoms. The van der Waals surface area contributed by atoms with Crippen LogP contribution in [0.15, 0.2) is 18.2 Å². The zero-order valence-electron chi connectivity index (χ0n) is 12.0. The minimum absolute atomic E-state index is 0.226. The average molecular weight is 266 g/mol. The maximum absolute atomic E-state index is 14.1. The molecule has 0 spiro atoms. The summed E-state index contributed by atoms with van der Waals surface area (Å²) in [7, 11) is 3.51. The summed E-state index contributed by atoms with van der Waals surface area (Å²) in [5, 5.41) is 3.37. The maximum atomic E-state index is 14.1. The Kier molecular flexibility index (Phi) is 4.42. The molecule has 1 fully saturated rings. The summed E-state index contributed by atoms with van der Waals surface area (Å²) in [4.78, 5) is 2.30. The van der Waals surface area contributed by atoms with E-state index in [0.717, 1.165) is 25.9 Å². The molecule has 0 amide bonds. The summed E-state index contributed by atoms with van der Waals surface area (Å²) in [5.74, 6) is 0.0986. The van der Waals surface area contributed by atoms with Crippen molar-refractivity contribution in [2.24, 2.45) is 0 Å². The van der Waals surface area contributed by atoms with Crippen LogP contribution in [-0.2, 0) is 6.54 Å². The summed E-state index contributed by atoms with van der Waals surface area (Å²) in [6, 6.07) is 5.34. The molecule has 1 N–H and O–H groups in total. The molecule has 0 atom stereocenters. The topological polar surface area (TPSA) is 24.5 Å². The van der Waals surface area contributed by atoms with Crippen LogP contribution in [0.1, 0.15) is 25.3 Å². The van der Waals surface area contributed by atoms with Gasteiger partial charge in [0.2, 0.25) is 0 Å². The molecule has 1 aliphatic heterocycles. The number of piperidine rings is 1. The highest BCUT2D eigenvalue weighted by atomic mass is 19.1. The smallest absolute Gasteiger partial charge is 0.169 e. The average Bonchev–Trinajstić information content (AvgIpc) is 2.44. The highest BCUT2D eigenvalue weighted by molar-refractivity contribution is 5.31. The molecule has 0 radical (unpaired) electrons. The Balaban J connectivity index is 2.00. The van der Waals surface area contributed by atoms with Crippen LogP contribution < -0.4 is 10.1 Å². The Bertz CT molecular complexity index is 428. The summed E-state index contributed by atoms with van der Waals surface area (Å²) in [5.41, 5.74) is 0.941. The van der Waals surface area contributed by atoms with E-state index in [-0.39, 0.29) is 11.4 Å². The number of halogens is 1. The van der Waals surface area contributed by atoms with Crippen LogP contribution in [0.25, 0.3) is 0 Å². The summed E-state index contributed by atoms with van der Waals surface area (Å²) >= 11 is 0. The maximum Gasteiger partial charge on any atom is 0.169 e. The molecule has 0 aliphatic carbocycles. The van der Waals surface area contributed by atoms with Crippen molar-refractivity contribution < 1.29 is 9.13 Å². The molecule has 19 heavy (non-hydrogen) atoms. The van der Waals surface area contributed by atoms with E-state index < -0.39 is 0 Å². The van der Waals surface area contributed by atoms with Gasteiger partial charge in [0.25, 0.3) is 0 Å². The first-order chi connectivity index (χ1) is 9.08. The molecular formula is C15H23FN2O. The van der Waals surface area contributed by atoms with Gasteiger partial charge in [-0.05, 0) is 32.9 Å². The van der Waals surface area contributed by atoms with E-state index in [9.17, 15) is 4.39 Å². The van der Waals surface area contributed by atoms with Crippen LogP contribution in [0.4, 0.5) is 4.39 Å². The fourth-order valence-electron chi connectivity index (χ4n) is 2.53. The third-order valence-corrected chi connectivity index (χ3v) is 4.22. The molecule has 1 heterocycles. The number of ether oxygens (including phenoxy) is 1. The van der Waals surface area contributed by atoms with E-state index in [0.29, 0.717) is 17.9 Å². The molecule has 2 rings (SSSR count). The van der Waals surface area contributed by atoms with Gasteiger partial charge >= 0.3 is 0 Å². The van der Waals surface area contributed by atoms with Gasteiger partial charge in [-0.3, -0.25) is 4.90 Å². The number of rotatable bonds is 4. The van der Waals surface area contributed by atoms with Crippen molar-refractivity contribution in [3.8, 4) is 5.75 Å². The molecule has 1 aromatic carbocycles. The van der Waals surface area contributed by atoms with Crippen molar-refractivity contribution in [2.75, 3.05) is 27.2 Å². The van der Waals surface area contributed by atoms with Crippen molar-refractivity contribution in [1.82, 2.24) is 10.2 Å². The van der Waals surface area contributed by atoms with Gasteiger partial charge in [0.1, 0.15) is 0 Å². The first kappa shape index (κ1) is 14.3. The monoisotopic (exact) mass is 266 g/mol. The Labute approximate surface area is 114 Å². The van der Waals surface area contributed by atoms with Gasteiger partial charge in [0.05, 0.1) is 7.11 Å². The third kappa shape index (κ3) is 3.25. The second kappa shape index (κ2) is 5.88. The molecule has 3 nitrogen and oxygen atoms in total. The minimum Gasteiger partial charge on any atom is -0.494 e. The van der Waals surface area contributed by atoms with Gasteiger partial charge in [-0.2, -0.15) is 0 Å². The number of nitrogens with one attached hydrogen (secondary N) is 1. The van der Waals surface area contributed by atoms with Crippen molar-refractivity contribution in [3.05, 3.63) is 29.6 Å². The van der Waals surface area contributed by atoms with E-state index in [2.05, 4.69) is 17.1 Å². The van der Waals surface area contributed by atoms with Crippen LogP contribution in [-0.4, -0.2) is 37.7 Å². The minimum atomic E-state index is -0.230. The van der Waals surface area contributed by atoms with Crippen LogP contribution in [0.5, 0.6) is 5.75 Å². The molecule has 4 heteroatoms. The lowest BCUT2D eigenvalue weighted by molar-refractivity contribution is 0.145. The van der Waals surface area contributed by atoms with E-state index in [1.54, 1.807) is 6.07 Å². The van der Waals surface area contributed by atoms with Gasteiger partial charge < -0.3 is 10.1 Å². The summed E-state index contributed by atoms with van der Waals surface area (Å²) < 4.78 is 19.1. The Hall–Kier alpha value is -1.13. The van der Waals surface area contributed by atoms with E-state index in [4.69, 9.17) is 4.74 Å². The first-order valence-electron chi connectivity index (χ1n) is 6.80. The van der Waals surface area contributed by atoms with Crippen LogP contribution in [0, 0.1) is 5.82 Å². The van der Waals surface area contributed by atoms with Crippen molar-refractivity contribution in [2.45, 2.75) is 31.8 Å². The largest absolute Gasteiger partial charge is 0.494 e. The summed E-state index contributed by atoms with van der Waals surface area (Å²) in [6.45, 7) is 4.89. The molecule has 1 saturated heterocycles. The fraction of sp³-hybridized carbons (Fsp3) is 0.600. The van der Waals surface area contributed by atoms with Gasteiger partial charge in [-0.1, -0.05) is 12.1 Å². The predicted octanol–water partition coefficient (Wildman–Crippen LogP) is 2.41. The SMILES string of the molecule is CNC1(C)CCN(Cc2cccc(OC)c2F)CC1. The Morgan fingerprint density at radius 3 is 2.63 bits per heavy atom. The predicted molar refractivity (Wildman–Crippen MR) is 74.9 cm³/mol. The number of likely N-dealkylation sites (tertiary alicyclic amines) is 1. The van der Waals surface area contributed by atoms with Crippen LogP contribution >= 0.6 is 0 Å².